The molecule has 4 atom stereocenters. The van der Waals surface area contributed by atoms with Gasteiger partial charge in [-0.1, -0.05) is 60.7 Å². The number of aliphatic hydroxyl groups is 1. The maximum atomic E-state index is 13.8. The van der Waals surface area contributed by atoms with Gasteiger partial charge in [0, 0.05) is 17.7 Å². The summed E-state index contributed by atoms with van der Waals surface area (Å²) in [4.78, 5) is 31.5. The van der Waals surface area contributed by atoms with Crippen molar-refractivity contribution in [3.8, 4) is 0 Å². The zero-order valence-corrected chi connectivity index (χ0v) is 27.3. The Morgan fingerprint density at radius 2 is 1.58 bits per heavy atom. The van der Waals surface area contributed by atoms with E-state index in [1.54, 1.807) is 0 Å². The van der Waals surface area contributed by atoms with Crippen LogP contribution in [0.1, 0.15) is 64.6 Å². The molecule has 2 amide bonds. The number of likely N-dealkylation sites (N-methyl/N-ethyl adjacent to an activating group) is 1. The van der Waals surface area contributed by atoms with Crippen LogP contribution in [0.25, 0.3) is 0 Å². The lowest BCUT2D eigenvalue weighted by Gasteiger charge is -2.34. The highest BCUT2D eigenvalue weighted by Crippen LogP contribution is 2.21. The second kappa shape index (κ2) is 15.5. The molecule has 3 aromatic carbocycles. The molecule has 242 valence electrons. The lowest BCUT2D eigenvalue weighted by Crippen LogP contribution is -2.52. The molecule has 0 spiro atoms. The van der Waals surface area contributed by atoms with Gasteiger partial charge in [-0.3, -0.25) is 24.1 Å². The third kappa shape index (κ3) is 9.61. The van der Waals surface area contributed by atoms with Crippen molar-refractivity contribution in [1.82, 2.24) is 20.4 Å². The van der Waals surface area contributed by atoms with Crippen LogP contribution in [0.3, 0.4) is 0 Å². The molecule has 11 heteroatoms. The molecule has 1 fully saturated rings. The second-order valence-corrected chi connectivity index (χ2v) is 13.8. The molecule has 4 rings (SSSR count). The van der Waals surface area contributed by atoms with Crippen LogP contribution in [0, 0.1) is 0 Å². The fourth-order valence-electron chi connectivity index (χ4n) is 5.70. The number of rotatable bonds is 14. The topological polar surface area (TPSA) is 131 Å². The Bertz CT molecular complexity index is 1540. The van der Waals surface area contributed by atoms with Gasteiger partial charge in [0.15, 0.2) is 0 Å². The van der Waals surface area contributed by atoms with Crippen molar-refractivity contribution in [2.24, 2.45) is 0 Å². The number of hydrogen-bond acceptors (Lipinski definition) is 7. The molecule has 0 saturated carbocycles. The fourth-order valence-corrected chi connectivity index (χ4v) is 6.32. The van der Waals surface area contributed by atoms with Crippen molar-refractivity contribution in [2.45, 2.75) is 57.5 Å². The molecular formula is C34H45N5O5S. The van der Waals surface area contributed by atoms with Crippen LogP contribution in [0.4, 0.5) is 5.69 Å². The van der Waals surface area contributed by atoms with Gasteiger partial charge in [0.1, 0.15) is 0 Å². The summed E-state index contributed by atoms with van der Waals surface area (Å²) in [6.45, 7) is 4.69. The number of hydrogen-bond donors (Lipinski definition) is 4. The monoisotopic (exact) mass is 635 g/mol. The van der Waals surface area contributed by atoms with Gasteiger partial charge in [0.25, 0.3) is 11.8 Å². The third-order valence-electron chi connectivity index (χ3n) is 8.30. The maximum Gasteiger partial charge on any atom is 0.251 e. The van der Waals surface area contributed by atoms with Gasteiger partial charge in [-0.05, 0) is 83.1 Å². The highest BCUT2D eigenvalue weighted by atomic mass is 32.2. The summed E-state index contributed by atoms with van der Waals surface area (Å²) >= 11 is 0. The summed E-state index contributed by atoms with van der Waals surface area (Å²) in [6.07, 6.45) is 1.78. The second-order valence-electron chi connectivity index (χ2n) is 11.8. The number of nitrogens with zero attached hydrogens (tertiary/aromatic N) is 2. The summed E-state index contributed by atoms with van der Waals surface area (Å²) in [5, 5.41) is 17.4. The van der Waals surface area contributed by atoms with Crippen LogP contribution in [0.5, 0.6) is 0 Å². The van der Waals surface area contributed by atoms with E-state index in [0.29, 0.717) is 13.0 Å². The number of benzene rings is 3. The minimum Gasteiger partial charge on any atom is -0.390 e. The molecule has 4 N–H and O–H groups in total. The first-order valence-electron chi connectivity index (χ1n) is 15.4. The van der Waals surface area contributed by atoms with Crippen LogP contribution >= 0.6 is 0 Å². The number of nitrogens with one attached hydrogen (secondary N) is 3. The van der Waals surface area contributed by atoms with E-state index in [0.717, 1.165) is 30.5 Å². The van der Waals surface area contributed by atoms with E-state index in [1.165, 1.54) is 25.1 Å². The van der Waals surface area contributed by atoms with E-state index < -0.39 is 34.0 Å². The Labute approximate surface area is 266 Å². The Morgan fingerprint density at radius 3 is 2.16 bits per heavy atom. The summed E-state index contributed by atoms with van der Waals surface area (Å²) in [6, 6.07) is 22.3. The summed E-state index contributed by atoms with van der Waals surface area (Å²) in [5.74, 6) is -1.16. The van der Waals surface area contributed by atoms with Crippen molar-refractivity contribution in [3.63, 3.8) is 0 Å². The molecule has 1 aliphatic rings. The minimum atomic E-state index is -3.69. The van der Waals surface area contributed by atoms with Crippen molar-refractivity contribution in [1.29, 1.82) is 0 Å². The van der Waals surface area contributed by atoms with Crippen LogP contribution in [-0.4, -0.2) is 86.4 Å². The maximum absolute atomic E-state index is 13.8. The molecule has 0 radical (unpaired) electrons. The van der Waals surface area contributed by atoms with Crippen molar-refractivity contribution >= 4 is 27.5 Å². The molecule has 4 unspecified atom stereocenters. The number of anilines is 1. The summed E-state index contributed by atoms with van der Waals surface area (Å²) in [5.41, 5.74) is 2.17. The number of aliphatic hydroxyl groups excluding tert-OH is 1. The largest absolute Gasteiger partial charge is 0.390 e. The van der Waals surface area contributed by atoms with Gasteiger partial charge in [0.2, 0.25) is 10.0 Å². The van der Waals surface area contributed by atoms with Crippen LogP contribution in [0.15, 0.2) is 78.9 Å². The van der Waals surface area contributed by atoms with E-state index in [4.69, 9.17) is 0 Å². The van der Waals surface area contributed by atoms with E-state index >= 15 is 0 Å². The molecule has 1 aliphatic heterocycles. The highest BCUT2D eigenvalue weighted by molar-refractivity contribution is 7.92. The Hall–Kier alpha value is -3.77. The SMILES string of the molecule is CCS(=O)(=O)Nc1cc(C(=O)NC(C)c2ccccc2)cc(C(=O)NC(Cc2ccccc2)C(O)CN(C)C2CCCN2C)c1. The fraction of sp³-hybridized carbons (Fsp3) is 0.412. The smallest absolute Gasteiger partial charge is 0.251 e. The third-order valence-corrected chi connectivity index (χ3v) is 9.61. The number of likely N-dealkylation sites (tertiary alicyclic amines) is 1. The van der Waals surface area contributed by atoms with E-state index in [1.807, 2.05) is 74.6 Å². The molecular weight excluding hydrogens is 590 g/mol. The molecule has 0 aliphatic carbocycles. The van der Waals surface area contributed by atoms with Crippen LogP contribution < -0.4 is 15.4 Å². The number of amides is 2. The first-order valence-corrected chi connectivity index (χ1v) is 17.1. The van der Waals surface area contributed by atoms with Crippen LogP contribution in [-0.2, 0) is 16.4 Å². The van der Waals surface area contributed by atoms with Gasteiger partial charge < -0.3 is 15.7 Å². The van der Waals surface area contributed by atoms with Gasteiger partial charge in [-0.15, -0.1) is 0 Å². The van der Waals surface area contributed by atoms with Crippen molar-refractivity contribution < 1.29 is 23.1 Å². The minimum absolute atomic E-state index is 0.0953. The standard InChI is InChI=1S/C34H45N5O5S/c1-5-45(43,44)37-29-21-27(33(41)35-24(2)26-15-10-7-11-16-26)20-28(22-29)34(42)36-30(19-25-13-8-6-9-14-25)31(40)23-39(4)32-17-12-18-38(32)3/h6-11,13-16,20-22,24,30-32,37,40H,5,12,17-19,23H2,1-4H3,(H,35,41)(H,36,42). The molecule has 3 aromatic rings. The highest BCUT2D eigenvalue weighted by Gasteiger charge is 2.30. The number of carbonyl (C=O) groups is 2. The normalized spacial score (nSPS) is 17.4. The first kappa shape index (κ1) is 34.1. The number of carbonyl (C=O) groups excluding carboxylic acids is 2. The van der Waals surface area contributed by atoms with Gasteiger partial charge in [-0.2, -0.15) is 0 Å². The summed E-state index contributed by atoms with van der Waals surface area (Å²) in [7, 11) is 0.351. The molecule has 1 saturated heterocycles. The predicted molar refractivity (Wildman–Crippen MR) is 178 cm³/mol. The summed E-state index contributed by atoms with van der Waals surface area (Å²) < 4.78 is 27.4. The lowest BCUT2D eigenvalue weighted by molar-refractivity contribution is 0.0395. The quantitative estimate of drug-likeness (QED) is 0.213. The van der Waals surface area contributed by atoms with Gasteiger partial charge >= 0.3 is 0 Å². The first-order chi connectivity index (χ1) is 21.5. The zero-order valence-electron chi connectivity index (χ0n) is 26.4. The lowest BCUT2D eigenvalue weighted by atomic mass is 9.99. The van der Waals surface area contributed by atoms with E-state index in [-0.39, 0.29) is 34.8 Å². The molecule has 45 heavy (non-hydrogen) atoms. The van der Waals surface area contributed by atoms with Gasteiger partial charge in [0.05, 0.1) is 35.8 Å². The average molecular weight is 636 g/mol. The zero-order chi connectivity index (χ0) is 32.6. The van der Waals surface area contributed by atoms with Gasteiger partial charge in [-0.25, -0.2) is 8.42 Å². The molecule has 10 nitrogen and oxygen atoms in total. The Balaban J connectivity index is 1.60. The Kier molecular flexibility index (Phi) is 11.7. The molecule has 1 heterocycles. The Morgan fingerprint density at radius 1 is 0.978 bits per heavy atom. The number of sulfonamides is 1. The van der Waals surface area contributed by atoms with Crippen molar-refractivity contribution in [3.05, 3.63) is 101 Å². The average Bonchev–Trinajstić information content (AvgIpc) is 3.47. The van der Waals surface area contributed by atoms with Crippen LogP contribution in [0.2, 0.25) is 0 Å². The predicted octanol–water partition coefficient (Wildman–Crippen LogP) is 3.62. The van der Waals surface area contributed by atoms with E-state index in [2.05, 4.69) is 32.2 Å². The van der Waals surface area contributed by atoms with Crippen molar-refractivity contribution in [2.75, 3.05) is 37.7 Å². The molecule has 0 aromatic heterocycles. The molecule has 0 bridgehead atoms. The van der Waals surface area contributed by atoms with E-state index in [9.17, 15) is 23.1 Å².